The lowest BCUT2D eigenvalue weighted by molar-refractivity contribution is 0.943. The first-order valence-electron chi connectivity index (χ1n) is 5.81. The van der Waals surface area contributed by atoms with E-state index in [9.17, 15) is 0 Å². The van der Waals surface area contributed by atoms with Crippen molar-refractivity contribution in [3.8, 4) is 0 Å². The first-order chi connectivity index (χ1) is 8.92. The number of hydrogen-bond acceptors (Lipinski definition) is 5. The minimum atomic E-state index is 0.585. The molecule has 0 amide bonds. The average molecular weight is 239 g/mol. The third kappa shape index (κ3) is 2.29. The van der Waals surface area contributed by atoms with E-state index in [1.807, 2.05) is 30.3 Å². The number of aromatic nitrogens is 2. The molecule has 0 bridgehead atoms. The van der Waals surface area contributed by atoms with Gasteiger partial charge in [0.1, 0.15) is 11.5 Å². The smallest absolute Gasteiger partial charge is 0.155 e. The third-order valence-electron chi connectivity index (χ3n) is 2.69. The Morgan fingerprint density at radius 2 is 1.94 bits per heavy atom. The molecular weight excluding hydrogens is 226 g/mol. The van der Waals surface area contributed by atoms with Gasteiger partial charge in [0.25, 0.3) is 0 Å². The van der Waals surface area contributed by atoms with Crippen LogP contribution in [0.5, 0.6) is 0 Å². The Morgan fingerprint density at radius 1 is 1.11 bits per heavy atom. The lowest BCUT2D eigenvalue weighted by Gasteiger charge is -2.17. The number of para-hydroxylation sites is 1. The highest BCUT2D eigenvalue weighted by Gasteiger charge is 2.12. The molecule has 0 saturated heterocycles. The zero-order valence-corrected chi connectivity index (χ0v) is 9.80. The highest BCUT2D eigenvalue weighted by Crippen LogP contribution is 2.14. The lowest BCUT2D eigenvalue weighted by Crippen LogP contribution is -2.26. The molecule has 0 aliphatic carbocycles. The van der Waals surface area contributed by atoms with E-state index < -0.39 is 0 Å². The molecule has 1 aromatic heterocycles. The number of amidine groups is 1. The molecule has 2 heterocycles. The Labute approximate surface area is 105 Å². The van der Waals surface area contributed by atoms with Crippen molar-refractivity contribution < 1.29 is 0 Å². The number of benzene rings is 1. The van der Waals surface area contributed by atoms with Gasteiger partial charge in [-0.25, -0.2) is 4.98 Å². The van der Waals surface area contributed by atoms with Gasteiger partial charge in [0.15, 0.2) is 5.82 Å². The van der Waals surface area contributed by atoms with Crippen molar-refractivity contribution in [2.45, 2.75) is 6.54 Å². The Balaban J connectivity index is 1.64. The summed E-state index contributed by atoms with van der Waals surface area (Å²) in [5.41, 5.74) is 1.97. The molecule has 5 nitrogen and oxygen atoms in total. The van der Waals surface area contributed by atoms with E-state index in [4.69, 9.17) is 0 Å². The van der Waals surface area contributed by atoms with Gasteiger partial charge < -0.3 is 10.6 Å². The molecule has 1 aliphatic rings. The van der Waals surface area contributed by atoms with Gasteiger partial charge in [0.2, 0.25) is 0 Å². The van der Waals surface area contributed by atoms with E-state index in [2.05, 4.69) is 25.6 Å². The zero-order valence-electron chi connectivity index (χ0n) is 9.80. The van der Waals surface area contributed by atoms with E-state index in [1.165, 1.54) is 0 Å². The number of hydrogen-bond donors (Lipinski definition) is 2. The van der Waals surface area contributed by atoms with Gasteiger partial charge in [-0.1, -0.05) is 18.2 Å². The van der Waals surface area contributed by atoms with E-state index in [0.717, 1.165) is 23.0 Å². The first kappa shape index (κ1) is 10.7. The van der Waals surface area contributed by atoms with E-state index in [1.54, 1.807) is 12.4 Å². The molecule has 0 fully saturated rings. The van der Waals surface area contributed by atoms with Crippen LogP contribution in [0.15, 0.2) is 47.7 Å². The Morgan fingerprint density at radius 3 is 2.83 bits per heavy atom. The Kier molecular flexibility index (Phi) is 2.87. The van der Waals surface area contributed by atoms with Crippen LogP contribution in [0.2, 0.25) is 0 Å². The van der Waals surface area contributed by atoms with Crippen LogP contribution < -0.4 is 10.6 Å². The second-order valence-corrected chi connectivity index (χ2v) is 3.96. The van der Waals surface area contributed by atoms with Crippen LogP contribution in [0.25, 0.3) is 0 Å². The predicted octanol–water partition coefficient (Wildman–Crippen LogP) is 1.91. The Bertz CT molecular complexity index is 565. The highest BCUT2D eigenvalue weighted by molar-refractivity contribution is 5.99. The molecule has 90 valence electrons. The van der Waals surface area contributed by atoms with Crippen LogP contribution in [0, 0.1) is 0 Å². The van der Waals surface area contributed by atoms with Crippen LogP contribution >= 0.6 is 0 Å². The minimum absolute atomic E-state index is 0.585. The van der Waals surface area contributed by atoms with Gasteiger partial charge in [0.05, 0.1) is 13.1 Å². The topological polar surface area (TPSA) is 62.2 Å². The summed E-state index contributed by atoms with van der Waals surface area (Å²) in [5.74, 6) is 1.68. The molecule has 0 unspecified atom stereocenters. The molecule has 5 heteroatoms. The number of nitrogens with zero attached hydrogens (tertiary/aromatic N) is 3. The fraction of sp³-hybridized carbons (Fsp3) is 0.154. The van der Waals surface area contributed by atoms with Gasteiger partial charge in [0, 0.05) is 18.1 Å². The summed E-state index contributed by atoms with van der Waals surface area (Å²) in [4.78, 5) is 12.9. The minimum Gasteiger partial charge on any atom is -0.378 e. The molecule has 2 N–H and O–H groups in total. The maximum absolute atomic E-state index is 4.43. The summed E-state index contributed by atoms with van der Waals surface area (Å²) in [5, 5.41) is 6.48. The highest BCUT2D eigenvalue weighted by atomic mass is 15.1. The molecule has 1 aliphatic heterocycles. The molecular formula is C13H13N5. The summed E-state index contributed by atoms with van der Waals surface area (Å²) in [6.07, 6.45) is 3.36. The van der Waals surface area contributed by atoms with Gasteiger partial charge in [-0.2, -0.15) is 0 Å². The predicted molar refractivity (Wildman–Crippen MR) is 71.7 cm³/mol. The normalized spacial score (nSPS) is 13.2. The van der Waals surface area contributed by atoms with Crippen molar-refractivity contribution in [1.82, 2.24) is 9.97 Å². The molecule has 0 radical (unpaired) electrons. The molecule has 18 heavy (non-hydrogen) atoms. The quantitative estimate of drug-likeness (QED) is 0.859. The summed E-state index contributed by atoms with van der Waals surface area (Å²) >= 11 is 0. The molecule has 0 atom stereocenters. The zero-order chi connectivity index (χ0) is 12.2. The number of fused-ring (bicyclic) bond motifs is 1. The van der Waals surface area contributed by atoms with E-state index in [-0.39, 0.29) is 0 Å². The molecule has 3 rings (SSSR count). The van der Waals surface area contributed by atoms with Gasteiger partial charge in [-0.15, -0.1) is 0 Å². The SMILES string of the molecule is c1ccc(NCC2=NCc3nccnc3N2)cc1. The number of rotatable bonds is 3. The van der Waals surface area contributed by atoms with Crippen LogP contribution in [-0.4, -0.2) is 22.3 Å². The van der Waals surface area contributed by atoms with Crippen LogP contribution in [0.1, 0.15) is 5.69 Å². The second-order valence-electron chi connectivity index (χ2n) is 3.96. The fourth-order valence-electron chi connectivity index (χ4n) is 1.78. The van der Waals surface area contributed by atoms with Gasteiger partial charge in [-0.3, -0.25) is 9.98 Å². The fourth-order valence-corrected chi connectivity index (χ4v) is 1.78. The lowest BCUT2D eigenvalue weighted by atomic mass is 10.3. The monoisotopic (exact) mass is 239 g/mol. The molecule has 2 aromatic rings. The van der Waals surface area contributed by atoms with Crippen LogP contribution in [-0.2, 0) is 6.54 Å². The molecule has 0 spiro atoms. The third-order valence-corrected chi connectivity index (χ3v) is 2.69. The van der Waals surface area contributed by atoms with Gasteiger partial charge >= 0.3 is 0 Å². The molecule has 1 aromatic carbocycles. The average Bonchev–Trinajstić information content (AvgIpc) is 2.46. The summed E-state index contributed by atoms with van der Waals surface area (Å²) < 4.78 is 0. The number of aliphatic imine (C=N–C) groups is 1. The number of anilines is 2. The van der Waals surface area contributed by atoms with Crippen molar-refractivity contribution in [3.63, 3.8) is 0 Å². The van der Waals surface area contributed by atoms with Gasteiger partial charge in [-0.05, 0) is 12.1 Å². The largest absolute Gasteiger partial charge is 0.378 e. The molecule has 0 saturated carbocycles. The van der Waals surface area contributed by atoms with E-state index >= 15 is 0 Å². The second kappa shape index (κ2) is 4.83. The van der Waals surface area contributed by atoms with Crippen molar-refractivity contribution in [1.29, 1.82) is 0 Å². The van der Waals surface area contributed by atoms with Crippen molar-refractivity contribution in [3.05, 3.63) is 48.4 Å². The number of nitrogens with one attached hydrogen (secondary N) is 2. The van der Waals surface area contributed by atoms with Crippen LogP contribution in [0.4, 0.5) is 11.5 Å². The Hall–Kier alpha value is -2.43. The van der Waals surface area contributed by atoms with Crippen molar-refractivity contribution in [2.24, 2.45) is 4.99 Å². The maximum Gasteiger partial charge on any atom is 0.155 e. The van der Waals surface area contributed by atoms with E-state index in [0.29, 0.717) is 13.1 Å². The first-order valence-corrected chi connectivity index (χ1v) is 5.81. The van der Waals surface area contributed by atoms with Crippen LogP contribution in [0.3, 0.4) is 0 Å². The standard InChI is InChI=1S/C13H13N5/c1-2-4-10(5-3-1)16-9-12-17-8-11-13(18-12)15-7-6-14-11/h1-7,16H,8-9H2,(H,15,17,18). The summed E-state index contributed by atoms with van der Waals surface area (Å²) in [6, 6.07) is 10.0. The summed E-state index contributed by atoms with van der Waals surface area (Å²) in [7, 11) is 0. The summed E-state index contributed by atoms with van der Waals surface area (Å²) in [6.45, 7) is 1.24. The maximum atomic E-state index is 4.43. The van der Waals surface area contributed by atoms with Crippen molar-refractivity contribution in [2.75, 3.05) is 17.2 Å². The van der Waals surface area contributed by atoms with Crippen molar-refractivity contribution >= 4 is 17.3 Å².